The minimum absolute atomic E-state index is 0.292. The average molecular weight is 543 g/mol. The summed E-state index contributed by atoms with van der Waals surface area (Å²) in [7, 11) is 0. The second-order valence-electron chi connectivity index (χ2n) is 10.8. The van der Waals surface area contributed by atoms with Gasteiger partial charge in [-0.05, 0) is 49.7 Å². The molecule has 0 saturated carbocycles. The lowest BCUT2D eigenvalue weighted by molar-refractivity contribution is -0.137. The van der Waals surface area contributed by atoms with Gasteiger partial charge in [0.2, 0.25) is 11.8 Å². The van der Waals surface area contributed by atoms with Gasteiger partial charge in [0, 0.05) is 11.6 Å². The van der Waals surface area contributed by atoms with Crippen LogP contribution in [0.1, 0.15) is 29.8 Å². The zero-order chi connectivity index (χ0) is 27.6. The first kappa shape index (κ1) is 23.6. The van der Waals surface area contributed by atoms with E-state index in [-0.39, 0.29) is 11.6 Å². The smallest absolute Gasteiger partial charge is 0.283 e. The molecule has 0 N–H and O–H groups in total. The van der Waals surface area contributed by atoms with Gasteiger partial charge in [-0.15, -0.1) is 0 Å². The molecule has 3 saturated heterocycles. The highest BCUT2D eigenvalue weighted by Crippen LogP contribution is 2.62. The van der Waals surface area contributed by atoms with Gasteiger partial charge in [-0.1, -0.05) is 42.5 Å². The van der Waals surface area contributed by atoms with Gasteiger partial charge in [-0.3, -0.25) is 23.9 Å². The van der Waals surface area contributed by atoms with Crippen LogP contribution in [0.2, 0.25) is 0 Å². The molecule has 40 heavy (non-hydrogen) atoms. The van der Waals surface area contributed by atoms with Crippen molar-refractivity contribution in [3.8, 4) is 5.69 Å². The van der Waals surface area contributed by atoms with Crippen molar-refractivity contribution >= 4 is 28.4 Å². The molecule has 3 aromatic carbocycles. The van der Waals surface area contributed by atoms with Crippen LogP contribution in [-0.2, 0) is 21.3 Å². The van der Waals surface area contributed by atoms with E-state index >= 15 is 0 Å². The molecule has 8 rings (SSSR count). The van der Waals surface area contributed by atoms with Crippen molar-refractivity contribution in [1.82, 2.24) is 14.5 Å². The normalized spacial score (nSPS) is 27.0. The zero-order valence-electron chi connectivity index (χ0n) is 20.9. The molecule has 10 heteroatoms. The lowest BCUT2D eigenvalue weighted by Crippen LogP contribution is -2.51. The second-order valence-corrected chi connectivity index (χ2v) is 10.8. The first-order valence-corrected chi connectivity index (χ1v) is 13.2. The third-order valence-corrected chi connectivity index (χ3v) is 9.09. The van der Waals surface area contributed by atoms with Crippen LogP contribution in [0.4, 0.5) is 18.9 Å². The summed E-state index contributed by atoms with van der Waals surface area (Å²) >= 11 is 0. The summed E-state index contributed by atoms with van der Waals surface area (Å²) in [5.41, 5.74) is -1.37. The van der Waals surface area contributed by atoms with Crippen LogP contribution in [0, 0.1) is 11.8 Å². The topological polar surface area (TPSA) is 75.5 Å². The Morgan fingerprint density at radius 2 is 1.55 bits per heavy atom. The van der Waals surface area contributed by atoms with Gasteiger partial charge >= 0.3 is 6.18 Å². The Bertz CT molecular complexity index is 1850. The molecule has 200 valence electrons. The number of imide groups is 1. The Balaban J connectivity index is 1.43. The van der Waals surface area contributed by atoms with Crippen molar-refractivity contribution in [2.24, 2.45) is 11.8 Å². The number of rotatable bonds is 1. The molecule has 0 radical (unpaired) electrons. The van der Waals surface area contributed by atoms with E-state index in [1.807, 2.05) is 12.1 Å². The number of halogens is 3. The molecule has 4 aromatic rings. The number of hydrogen-bond donors (Lipinski definition) is 0. The Morgan fingerprint density at radius 1 is 0.850 bits per heavy atom. The third-order valence-electron chi connectivity index (χ3n) is 9.09. The molecular formula is C30H21F3N4O3. The van der Waals surface area contributed by atoms with Crippen molar-refractivity contribution in [2.45, 2.75) is 30.6 Å². The van der Waals surface area contributed by atoms with Gasteiger partial charge in [0.05, 0.1) is 39.7 Å². The lowest BCUT2D eigenvalue weighted by Gasteiger charge is -2.38. The Hall–Kier alpha value is -4.31. The summed E-state index contributed by atoms with van der Waals surface area (Å²) in [6.45, 7) is 0.564. The summed E-state index contributed by atoms with van der Waals surface area (Å²) in [6.07, 6.45) is -3.40. The van der Waals surface area contributed by atoms with E-state index in [9.17, 15) is 27.6 Å². The maximum Gasteiger partial charge on any atom is 0.418 e. The van der Waals surface area contributed by atoms with Crippen LogP contribution in [-0.4, -0.2) is 38.9 Å². The highest BCUT2D eigenvalue weighted by Gasteiger charge is 2.74. The number of carbonyl (C=O) groups excluding carboxylic acids is 2. The number of amides is 2. The van der Waals surface area contributed by atoms with Crippen molar-refractivity contribution in [2.75, 3.05) is 11.4 Å². The molecule has 4 atom stereocenters. The number of fused-ring (bicyclic) bond motifs is 11. The summed E-state index contributed by atoms with van der Waals surface area (Å²) in [5.74, 6) is -2.93. The van der Waals surface area contributed by atoms with E-state index in [0.717, 1.165) is 17.4 Å². The molecule has 0 aliphatic carbocycles. The first-order valence-electron chi connectivity index (χ1n) is 13.2. The van der Waals surface area contributed by atoms with E-state index < -0.39 is 46.6 Å². The van der Waals surface area contributed by atoms with Gasteiger partial charge in [-0.2, -0.15) is 13.2 Å². The van der Waals surface area contributed by atoms with Crippen molar-refractivity contribution in [3.63, 3.8) is 0 Å². The van der Waals surface area contributed by atoms with Crippen LogP contribution in [0.15, 0.2) is 77.6 Å². The number of hydrogen-bond acceptors (Lipinski definition) is 5. The first-order chi connectivity index (χ1) is 19.3. The van der Waals surface area contributed by atoms with E-state index in [1.54, 1.807) is 36.4 Å². The summed E-state index contributed by atoms with van der Waals surface area (Å²) in [6, 6.07) is 18.5. The Morgan fingerprint density at radius 3 is 2.35 bits per heavy atom. The van der Waals surface area contributed by atoms with E-state index in [2.05, 4.69) is 4.90 Å². The highest BCUT2D eigenvalue weighted by atomic mass is 19.4. The van der Waals surface area contributed by atoms with E-state index in [0.29, 0.717) is 40.9 Å². The van der Waals surface area contributed by atoms with Crippen LogP contribution < -0.4 is 10.5 Å². The Labute approximate surface area is 225 Å². The number of aromatic nitrogens is 2. The largest absolute Gasteiger partial charge is 0.418 e. The molecule has 0 bridgehead atoms. The fraction of sp³-hybridized carbons (Fsp3) is 0.267. The fourth-order valence-corrected chi connectivity index (χ4v) is 7.76. The van der Waals surface area contributed by atoms with Gasteiger partial charge in [0.25, 0.3) is 5.56 Å². The molecule has 1 aromatic heterocycles. The van der Waals surface area contributed by atoms with E-state index in [1.165, 1.54) is 22.8 Å². The van der Waals surface area contributed by atoms with Crippen molar-refractivity contribution < 1.29 is 22.8 Å². The van der Waals surface area contributed by atoms with Gasteiger partial charge < -0.3 is 0 Å². The fourth-order valence-electron chi connectivity index (χ4n) is 7.76. The molecule has 1 spiro atoms. The SMILES string of the molecule is O=C1[C@H]2[C@@H](C(=O)N1c1ccccc1C(F)(F)F)[C@]1(c3ccccc3-n3c1nc1ccccc1c3=O)N1CCC[C@@H]21. The lowest BCUT2D eigenvalue weighted by atomic mass is 9.75. The number of benzene rings is 3. The number of para-hydroxylation sites is 3. The van der Waals surface area contributed by atoms with E-state index in [4.69, 9.17) is 4.98 Å². The quantitative estimate of drug-likeness (QED) is 0.337. The van der Waals surface area contributed by atoms with Crippen LogP contribution in [0.5, 0.6) is 0 Å². The zero-order valence-corrected chi connectivity index (χ0v) is 20.9. The minimum atomic E-state index is -4.76. The average Bonchev–Trinajstić information content (AvgIpc) is 3.66. The maximum atomic E-state index is 14.4. The summed E-state index contributed by atoms with van der Waals surface area (Å²) < 4.78 is 43.6. The number of anilines is 1. The summed E-state index contributed by atoms with van der Waals surface area (Å²) in [4.78, 5) is 50.2. The maximum absolute atomic E-state index is 14.4. The van der Waals surface area contributed by atoms with Crippen molar-refractivity contribution in [3.05, 3.63) is 100 Å². The molecular weight excluding hydrogens is 521 g/mol. The van der Waals surface area contributed by atoms with Crippen LogP contribution in [0.3, 0.4) is 0 Å². The minimum Gasteiger partial charge on any atom is -0.283 e. The third kappa shape index (κ3) is 2.64. The molecule has 2 amide bonds. The number of nitrogens with zero attached hydrogens (tertiary/aromatic N) is 4. The predicted octanol–water partition coefficient (Wildman–Crippen LogP) is 4.25. The molecule has 5 heterocycles. The van der Waals surface area contributed by atoms with Gasteiger partial charge in [0.15, 0.2) is 0 Å². The molecule has 3 fully saturated rings. The number of carbonyl (C=O) groups is 2. The predicted molar refractivity (Wildman–Crippen MR) is 139 cm³/mol. The summed E-state index contributed by atoms with van der Waals surface area (Å²) in [5, 5.41) is 0.417. The van der Waals surface area contributed by atoms with Gasteiger partial charge in [-0.25, -0.2) is 9.88 Å². The molecule has 7 nitrogen and oxygen atoms in total. The molecule has 4 aliphatic heterocycles. The van der Waals surface area contributed by atoms with Gasteiger partial charge in [0.1, 0.15) is 11.4 Å². The molecule has 0 unspecified atom stereocenters. The monoisotopic (exact) mass is 542 g/mol. The second kappa shape index (κ2) is 7.66. The van der Waals surface area contributed by atoms with Crippen LogP contribution >= 0.6 is 0 Å². The van der Waals surface area contributed by atoms with Crippen LogP contribution in [0.25, 0.3) is 16.6 Å². The molecule has 4 aliphatic rings. The Kier molecular flexibility index (Phi) is 4.51. The number of alkyl halides is 3. The highest BCUT2D eigenvalue weighted by molar-refractivity contribution is 6.23. The van der Waals surface area contributed by atoms with Crippen molar-refractivity contribution in [1.29, 1.82) is 0 Å². The standard InChI is InChI=1S/C30H21F3N4O3/c31-30(32,33)18-10-3-6-13-21(18)36-26(39)23-22-14-7-15-35(22)29(24(23)27(36)40)17-9-2-5-12-20(17)37-25(38)16-8-1-4-11-19(16)34-28(29)37/h1-6,8-13,22-24H,7,14-15H2/t22-,23+,24-,29-/m0/s1.